The van der Waals surface area contributed by atoms with Crippen molar-refractivity contribution in [3.8, 4) is 17.3 Å². The summed E-state index contributed by atoms with van der Waals surface area (Å²) in [6.07, 6.45) is 1.70. The van der Waals surface area contributed by atoms with Crippen LogP contribution >= 0.6 is 0 Å². The van der Waals surface area contributed by atoms with Crippen molar-refractivity contribution in [3.05, 3.63) is 53.7 Å². The number of hydrogen-bond acceptors (Lipinski definition) is 7. The Morgan fingerprint density at radius 3 is 2.69 bits per heavy atom. The van der Waals surface area contributed by atoms with Crippen molar-refractivity contribution in [1.82, 2.24) is 14.7 Å². The highest BCUT2D eigenvalue weighted by atomic mass is 16.5. The van der Waals surface area contributed by atoms with Crippen LogP contribution in [0.3, 0.4) is 0 Å². The Balaban J connectivity index is 2.05. The second-order valence-corrected chi connectivity index (χ2v) is 6.12. The van der Waals surface area contributed by atoms with Crippen molar-refractivity contribution in [2.45, 2.75) is 0 Å². The molecule has 2 aromatic heterocycles. The number of anilines is 1. The predicted molar refractivity (Wildman–Crippen MR) is 107 cm³/mol. The zero-order chi connectivity index (χ0) is 20.8. The van der Waals surface area contributed by atoms with E-state index in [0.29, 0.717) is 41.4 Å². The number of nitrogens with two attached hydrogens (primary N) is 1. The number of methoxy groups -OCH3 is 1. The van der Waals surface area contributed by atoms with Gasteiger partial charge in [0.05, 0.1) is 18.7 Å². The van der Waals surface area contributed by atoms with Crippen LogP contribution < -0.4 is 16.4 Å². The molecule has 3 aromatic rings. The van der Waals surface area contributed by atoms with E-state index in [-0.39, 0.29) is 12.5 Å². The number of amides is 1. The number of aromatic nitrogens is 2. The molecule has 0 radical (unpaired) electrons. The second-order valence-electron chi connectivity index (χ2n) is 6.12. The number of carbonyl (C=O) groups is 2. The molecule has 0 unspecified atom stereocenters. The first-order valence-corrected chi connectivity index (χ1v) is 8.89. The fourth-order valence-electron chi connectivity index (χ4n) is 2.77. The van der Waals surface area contributed by atoms with Crippen LogP contribution in [0.5, 0.6) is 0 Å². The summed E-state index contributed by atoms with van der Waals surface area (Å²) in [5.74, 6) is -0.0996. The van der Waals surface area contributed by atoms with Crippen LogP contribution in [0.1, 0.15) is 15.9 Å². The molecular formula is C20H20N6O3. The van der Waals surface area contributed by atoms with Crippen LogP contribution in [0.2, 0.25) is 0 Å². The Morgan fingerprint density at radius 2 is 2.03 bits per heavy atom. The molecule has 9 nitrogen and oxygen atoms in total. The minimum absolute atomic E-state index is 0.0493. The molecule has 0 saturated heterocycles. The van der Waals surface area contributed by atoms with Crippen molar-refractivity contribution in [2.75, 3.05) is 32.1 Å². The van der Waals surface area contributed by atoms with Crippen LogP contribution in [-0.4, -0.2) is 48.0 Å². The van der Waals surface area contributed by atoms with Crippen molar-refractivity contribution in [1.29, 1.82) is 5.26 Å². The lowest BCUT2D eigenvalue weighted by atomic mass is 10.1. The molecule has 0 spiro atoms. The van der Waals surface area contributed by atoms with Gasteiger partial charge in [0, 0.05) is 30.4 Å². The summed E-state index contributed by atoms with van der Waals surface area (Å²) in [7, 11) is 1.31. The topological polar surface area (TPSA) is 135 Å². The third kappa shape index (κ3) is 4.34. The number of pyridine rings is 1. The number of fused-ring (bicyclic) bond motifs is 1. The minimum atomic E-state index is -0.427. The average Bonchev–Trinajstić information content (AvgIpc) is 3.13. The summed E-state index contributed by atoms with van der Waals surface area (Å²) < 4.78 is 6.44. The monoisotopic (exact) mass is 392 g/mol. The number of carbonyl (C=O) groups excluding carboxylic acids is 2. The number of hydrogen-bond donors (Lipinski definition) is 3. The zero-order valence-electron chi connectivity index (χ0n) is 15.8. The van der Waals surface area contributed by atoms with Crippen molar-refractivity contribution in [2.24, 2.45) is 5.73 Å². The molecule has 0 aliphatic heterocycles. The van der Waals surface area contributed by atoms with Gasteiger partial charge in [-0.25, -0.2) is 4.98 Å². The lowest BCUT2D eigenvalue weighted by Crippen LogP contribution is -2.29. The smallest absolute Gasteiger partial charge is 0.325 e. The molecule has 0 aliphatic carbocycles. The molecule has 3 rings (SSSR count). The van der Waals surface area contributed by atoms with Gasteiger partial charge in [0.1, 0.15) is 23.7 Å². The van der Waals surface area contributed by atoms with E-state index in [2.05, 4.69) is 21.7 Å². The summed E-state index contributed by atoms with van der Waals surface area (Å²) in [6, 6.07) is 12.3. The third-order valence-corrected chi connectivity index (χ3v) is 4.23. The number of rotatable bonds is 7. The first-order chi connectivity index (χ1) is 14.1. The molecule has 1 aromatic carbocycles. The molecule has 29 heavy (non-hydrogen) atoms. The Bertz CT molecular complexity index is 1080. The van der Waals surface area contributed by atoms with Crippen LogP contribution in [0.4, 0.5) is 5.82 Å². The lowest BCUT2D eigenvalue weighted by molar-refractivity contribution is -0.138. The van der Waals surface area contributed by atoms with Crippen LogP contribution in [0.25, 0.3) is 16.9 Å². The molecule has 0 atom stereocenters. The molecule has 0 fully saturated rings. The number of esters is 1. The van der Waals surface area contributed by atoms with E-state index in [1.54, 1.807) is 47.0 Å². The van der Waals surface area contributed by atoms with Crippen molar-refractivity contribution >= 4 is 23.3 Å². The first-order valence-electron chi connectivity index (χ1n) is 8.89. The van der Waals surface area contributed by atoms with E-state index in [0.717, 1.165) is 5.56 Å². The Hall–Kier alpha value is -3.90. The Labute approximate surface area is 167 Å². The number of nitriles is 1. The predicted octanol–water partition coefficient (Wildman–Crippen LogP) is 1.15. The van der Waals surface area contributed by atoms with E-state index in [4.69, 9.17) is 15.7 Å². The summed E-state index contributed by atoms with van der Waals surface area (Å²) in [4.78, 5) is 28.5. The van der Waals surface area contributed by atoms with Gasteiger partial charge in [0.2, 0.25) is 0 Å². The SMILES string of the molecule is COC(=O)CNc1c(-c2ccc(C#N)cc2)nc2cc(C(=O)NCCN)ccn12. The molecule has 0 saturated carbocycles. The van der Waals surface area contributed by atoms with E-state index in [9.17, 15) is 9.59 Å². The summed E-state index contributed by atoms with van der Waals surface area (Å²) in [6.45, 7) is 0.676. The highest BCUT2D eigenvalue weighted by Gasteiger charge is 2.17. The molecule has 9 heteroatoms. The van der Waals surface area contributed by atoms with Crippen molar-refractivity contribution in [3.63, 3.8) is 0 Å². The van der Waals surface area contributed by atoms with E-state index in [1.807, 2.05) is 0 Å². The average molecular weight is 392 g/mol. The van der Waals surface area contributed by atoms with Gasteiger partial charge < -0.3 is 21.1 Å². The molecule has 0 bridgehead atoms. The van der Waals surface area contributed by atoms with Crippen molar-refractivity contribution < 1.29 is 14.3 Å². The first kappa shape index (κ1) is 19.9. The molecular weight excluding hydrogens is 372 g/mol. The molecule has 0 aliphatic rings. The standard InChI is InChI=1S/C20H20N6O3/c1-29-17(27)12-24-19-18(14-4-2-13(11-22)3-5-14)25-16-10-15(6-9-26(16)19)20(28)23-8-7-21/h2-6,9-10,24H,7-8,12,21H2,1H3,(H,23,28). The molecule has 4 N–H and O–H groups in total. The van der Waals surface area contributed by atoms with Gasteiger partial charge in [-0.15, -0.1) is 0 Å². The number of benzene rings is 1. The maximum atomic E-state index is 12.2. The number of nitrogens with one attached hydrogen (secondary N) is 2. The second kappa shape index (κ2) is 8.86. The van der Waals surface area contributed by atoms with Gasteiger partial charge >= 0.3 is 5.97 Å². The minimum Gasteiger partial charge on any atom is -0.468 e. The highest BCUT2D eigenvalue weighted by Crippen LogP contribution is 2.29. The van der Waals surface area contributed by atoms with Gasteiger partial charge in [0.25, 0.3) is 5.91 Å². The fraction of sp³-hybridized carbons (Fsp3) is 0.200. The van der Waals surface area contributed by atoms with Gasteiger partial charge in [-0.3, -0.25) is 14.0 Å². The summed E-state index contributed by atoms with van der Waals surface area (Å²) >= 11 is 0. The van der Waals surface area contributed by atoms with Crippen LogP contribution in [-0.2, 0) is 9.53 Å². The number of ether oxygens (including phenoxy) is 1. The molecule has 148 valence electrons. The summed E-state index contributed by atoms with van der Waals surface area (Å²) in [5, 5.41) is 14.8. The van der Waals surface area contributed by atoms with Gasteiger partial charge in [-0.05, 0) is 24.3 Å². The quantitative estimate of drug-likeness (QED) is 0.513. The molecule has 1 amide bonds. The van der Waals surface area contributed by atoms with Gasteiger partial charge in [0.15, 0.2) is 0 Å². The Morgan fingerprint density at radius 1 is 1.28 bits per heavy atom. The van der Waals surface area contributed by atoms with Crippen LogP contribution in [0.15, 0.2) is 42.6 Å². The zero-order valence-corrected chi connectivity index (χ0v) is 15.8. The normalized spacial score (nSPS) is 10.4. The van der Waals surface area contributed by atoms with Gasteiger partial charge in [-0.2, -0.15) is 5.26 Å². The number of imidazole rings is 1. The summed E-state index contributed by atoms with van der Waals surface area (Å²) in [5.41, 5.74) is 8.26. The van der Waals surface area contributed by atoms with E-state index in [1.165, 1.54) is 7.11 Å². The van der Waals surface area contributed by atoms with E-state index >= 15 is 0 Å². The third-order valence-electron chi connectivity index (χ3n) is 4.23. The Kier molecular flexibility index (Phi) is 6.06. The van der Waals surface area contributed by atoms with Crippen LogP contribution in [0, 0.1) is 11.3 Å². The maximum Gasteiger partial charge on any atom is 0.325 e. The fourth-order valence-corrected chi connectivity index (χ4v) is 2.77. The maximum absolute atomic E-state index is 12.2. The molecule has 2 heterocycles. The van der Waals surface area contributed by atoms with Gasteiger partial charge in [-0.1, -0.05) is 12.1 Å². The number of nitrogens with zero attached hydrogens (tertiary/aromatic N) is 3. The van der Waals surface area contributed by atoms with E-state index < -0.39 is 5.97 Å². The lowest BCUT2D eigenvalue weighted by Gasteiger charge is -2.08. The highest BCUT2D eigenvalue weighted by molar-refractivity contribution is 5.95. The largest absolute Gasteiger partial charge is 0.468 e.